The molecule has 0 heterocycles. The third-order valence-corrected chi connectivity index (χ3v) is 2.81. The van der Waals surface area contributed by atoms with Crippen LogP contribution in [0, 0.1) is 0 Å². The number of aliphatic carboxylic acids is 1. The molecule has 8 nitrogen and oxygen atoms in total. The molecule has 9 heteroatoms. The summed E-state index contributed by atoms with van der Waals surface area (Å²) in [6.07, 6.45) is -2.22. The molecule has 0 aromatic carbocycles. The van der Waals surface area contributed by atoms with Gasteiger partial charge in [-0.15, -0.1) is 0 Å². The van der Waals surface area contributed by atoms with Crippen LogP contribution >= 0.6 is 0 Å². The van der Waals surface area contributed by atoms with E-state index in [9.17, 15) is 23.9 Å². The maximum atomic E-state index is 13.5. The number of nitrogens with one attached hydrogen (secondary N) is 2. The summed E-state index contributed by atoms with van der Waals surface area (Å²) in [5, 5.41) is 13.8. The Morgan fingerprint density at radius 3 is 1.85 bits per heavy atom. The summed E-state index contributed by atoms with van der Waals surface area (Å²) >= 11 is 0. The molecule has 0 aliphatic heterocycles. The first kappa shape index (κ1) is 23.7. The third kappa shape index (κ3) is 9.24. The number of carboxylic acid groups (broad SMARTS) is 1. The number of carbonyl (C=O) groups is 3. The van der Waals surface area contributed by atoms with Gasteiger partial charge in [0, 0.05) is 13.0 Å². The van der Waals surface area contributed by atoms with Gasteiger partial charge in [-0.25, -0.2) is 18.8 Å². The number of hydrogen-bond acceptors (Lipinski definition) is 5. The zero-order valence-corrected chi connectivity index (χ0v) is 16.2. The molecule has 0 aliphatic carbocycles. The van der Waals surface area contributed by atoms with Crippen molar-refractivity contribution in [3.8, 4) is 0 Å². The first-order valence-electron chi connectivity index (χ1n) is 8.04. The van der Waals surface area contributed by atoms with E-state index in [1.54, 1.807) is 41.5 Å². The molecular formula is C17H29FN2O6. The molecule has 1 atom stereocenters. The first-order chi connectivity index (χ1) is 11.6. The number of ether oxygens (including phenoxy) is 2. The van der Waals surface area contributed by atoms with Crippen molar-refractivity contribution in [1.29, 1.82) is 0 Å². The van der Waals surface area contributed by atoms with Gasteiger partial charge in [0.25, 0.3) is 0 Å². The fraction of sp³-hybridized carbons (Fsp3) is 0.706. The molecule has 150 valence electrons. The van der Waals surface area contributed by atoms with Crippen molar-refractivity contribution < 1.29 is 33.4 Å². The van der Waals surface area contributed by atoms with Crippen LogP contribution in [-0.2, 0) is 14.3 Å². The Kier molecular flexibility index (Phi) is 8.07. The maximum absolute atomic E-state index is 13.5. The summed E-state index contributed by atoms with van der Waals surface area (Å²) in [6.45, 7) is 11.9. The summed E-state index contributed by atoms with van der Waals surface area (Å²) in [5.41, 5.74) is -3.63. The summed E-state index contributed by atoms with van der Waals surface area (Å²) in [4.78, 5) is 35.0. The topological polar surface area (TPSA) is 114 Å². The number of amides is 2. The largest absolute Gasteiger partial charge is 0.479 e. The molecule has 0 radical (unpaired) electrons. The van der Waals surface area contributed by atoms with Gasteiger partial charge >= 0.3 is 18.2 Å². The molecule has 0 rings (SSSR count). The lowest BCUT2D eigenvalue weighted by atomic mass is 9.92. The highest BCUT2D eigenvalue weighted by Crippen LogP contribution is 2.19. The smallest absolute Gasteiger partial charge is 0.408 e. The quantitative estimate of drug-likeness (QED) is 0.589. The van der Waals surface area contributed by atoms with Crippen molar-refractivity contribution in [3.63, 3.8) is 0 Å². The highest BCUT2D eigenvalue weighted by Gasteiger charge is 2.42. The van der Waals surface area contributed by atoms with E-state index in [4.69, 9.17) is 9.47 Å². The number of rotatable bonds is 7. The number of alkyl halides is 1. The van der Waals surface area contributed by atoms with E-state index < -0.39 is 48.0 Å². The molecule has 0 fully saturated rings. The lowest BCUT2D eigenvalue weighted by Crippen LogP contribution is -2.57. The molecule has 2 amide bonds. The van der Waals surface area contributed by atoms with E-state index >= 15 is 0 Å². The van der Waals surface area contributed by atoms with Gasteiger partial charge in [-0.05, 0) is 41.5 Å². The van der Waals surface area contributed by atoms with Gasteiger partial charge in [0.15, 0.2) is 5.54 Å². The predicted octanol–water partition coefficient (Wildman–Crippen LogP) is 2.78. The summed E-state index contributed by atoms with van der Waals surface area (Å²) < 4.78 is 23.6. The highest BCUT2D eigenvalue weighted by atomic mass is 19.1. The third-order valence-electron chi connectivity index (χ3n) is 2.81. The Bertz CT molecular complexity index is 550. The number of hydrogen-bond donors (Lipinski definition) is 3. The molecule has 0 spiro atoms. The van der Waals surface area contributed by atoms with Gasteiger partial charge < -0.3 is 25.2 Å². The Hall–Kier alpha value is -2.32. The summed E-state index contributed by atoms with van der Waals surface area (Å²) in [6, 6.07) is 0. The lowest BCUT2D eigenvalue weighted by Gasteiger charge is -2.30. The fourth-order valence-electron chi connectivity index (χ4n) is 1.81. The van der Waals surface area contributed by atoms with Crippen molar-refractivity contribution in [2.45, 2.75) is 64.7 Å². The zero-order valence-electron chi connectivity index (χ0n) is 16.2. The van der Waals surface area contributed by atoms with E-state index in [1.807, 2.05) is 0 Å². The Labute approximate surface area is 153 Å². The van der Waals surface area contributed by atoms with E-state index in [-0.39, 0.29) is 12.1 Å². The van der Waals surface area contributed by atoms with Crippen LogP contribution in [0.3, 0.4) is 0 Å². The van der Waals surface area contributed by atoms with Crippen molar-refractivity contribution in [3.05, 3.63) is 12.2 Å². The van der Waals surface area contributed by atoms with Crippen molar-refractivity contribution >= 4 is 18.2 Å². The number of alkyl carbamates (subject to hydrolysis) is 2. The molecule has 0 aromatic rings. The Morgan fingerprint density at radius 2 is 1.46 bits per heavy atom. The second kappa shape index (κ2) is 8.86. The van der Waals surface area contributed by atoms with Crippen LogP contribution in [0.25, 0.3) is 0 Å². The molecule has 26 heavy (non-hydrogen) atoms. The Balaban J connectivity index is 4.95. The monoisotopic (exact) mass is 376 g/mol. The van der Waals surface area contributed by atoms with Crippen LogP contribution in [0.5, 0.6) is 0 Å². The van der Waals surface area contributed by atoms with Gasteiger partial charge in [-0.3, -0.25) is 0 Å². The van der Waals surface area contributed by atoms with Crippen molar-refractivity contribution in [1.82, 2.24) is 10.6 Å². The second-order valence-corrected chi connectivity index (χ2v) is 7.93. The van der Waals surface area contributed by atoms with Gasteiger partial charge in [-0.1, -0.05) is 12.2 Å². The first-order valence-corrected chi connectivity index (χ1v) is 8.04. The van der Waals surface area contributed by atoms with Gasteiger partial charge in [0.1, 0.15) is 17.9 Å². The molecule has 3 N–H and O–H groups in total. The van der Waals surface area contributed by atoms with E-state index in [2.05, 4.69) is 17.2 Å². The number of carbonyl (C=O) groups excluding carboxylic acids is 2. The second-order valence-electron chi connectivity index (χ2n) is 7.93. The van der Waals surface area contributed by atoms with Crippen molar-refractivity contribution in [2.24, 2.45) is 0 Å². The van der Waals surface area contributed by atoms with E-state index in [0.29, 0.717) is 0 Å². The SMILES string of the molecule is C=C(CNC(=O)OC(C)(C)C)CC(CF)(NC(=O)OC(C)(C)C)C(=O)O. The molecule has 0 saturated heterocycles. The molecule has 0 aliphatic rings. The standard InChI is InChI=1S/C17H29FN2O6/c1-11(9-19-13(23)25-15(2,3)4)8-17(10-18,12(21)22)20-14(24)26-16(5,6)7/h1,8-10H2,2-7H3,(H,19,23)(H,20,24)(H,21,22). The molecule has 0 aromatic heterocycles. The minimum atomic E-state index is -2.24. The van der Waals surface area contributed by atoms with Crippen LogP contribution in [0.2, 0.25) is 0 Å². The van der Waals surface area contributed by atoms with Crippen LogP contribution in [0.4, 0.5) is 14.0 Å². The number of carboxylic acids is 1. The summed E-state index contributed by atoms with van der Waals surface area (Å²) in [7, 11) is 0. The van der Waals surface area contributed by atoms with Gasteiger partial charge in [-0.2, -0.15) is 0 Å². The lowest BCUT2D eigenvalue weighted by molar-refractivity contribution is -0.145. The highest BCUT2D eigenvalue weighted by molar-refractivity contribution is 5.85. The Morgan fingerprint density at radius 1 is 1.00 bits per heavy atom. The van der Waals surface area contributed by atoms with Crippen LogP contribution in [-0.4, -0.2) is 53.2 Å². The zero-order chi connectivity index (χ0) is 20.8. The normalized spacial score (nSPS) is 14.0. The van der Waals surface area contributed by atoms with Crippen molar-refractivity contribution in [2.75, 3.05) is 13.2 Å². The molecular weight excluding hydrogens is 347 g/mol. The van der Waals surface area contributed by atoms with Crippen LogP contribution in [0.15, 0.2) is 12.2 Å². The predicted molar refractivity (Wildman–Crippen MR) is 93.7 cm³/mol. The van der Waals surface area contributed by atoms with E-state index in [1.165, 1.54) is 0 Å². The average molecular weight is 376 g/mol. The maximum Gasteiger partial charge on any atom is 0.408 e. The van der Waals surface area contributed by atoms with Gasteiger partial charge in [0.05, 0.1) is 0 Å². The van der Waals surface area contributed by atoms with Crippen LogP contribution < -0.4 is 10.6 Å². The minimum Gasteiger partial charge on any atom is -0.479 e. The van der Waals surface area contributed by atoms with E-state index in [0.717, 1.165) is 0 Å². The fourth-order valence-corrected chi connectivity index (χ4v) is 1.81. The van der Waals surface area contributed by atoms with Crippen LogP contribution in [0.1, 0.15) is 48.0 Å². The average Bonchev–Trinajstić information content (AvgIpc) is 2.40. The molecule has 1 unspecified atom stereocenters. The molecule has 0 bridgehead atoms. The number of halogens is 1. The summed E-state index contributed by atoms with van der Waals surface area (Å²) in [5.74, 6) is -1.58. The van der Waals surface area contributed by atoms with Gasteiger partial charge in [0.2, 0.25) is 0 Å². The minimum absolute atomic E-state index is 0.139. The molecule has 0 saturated carbocycles.